The molecule has 10 nitrogen and oxygen atoms in total. The molecule has 2 aromatic carbocycles. The number of nitrogens with zero attached hydrogens (tertiary/aromatic N) is 6. The Morgan fingerprint density at radius 1 is 1.14 bits per heavy atom. The Morgan fingerprint density at radius 2 is 1.82 bits per heavy atom. The van der Waals surface area contributed by atoms with Crippen molar-refractivity contribution in [2.45, 2.75) is 49.7 Å². The summed E-state index contributed by atoms with van der Waals surface area (Å²) in [5, 5.41) is 12.1. The Kier molecular flexibility index (Phi) is 8.26. The second kappa shape index (κ2) is 12.1. The third kappa shape index (κ3) is 5.92. The fourth-order valence-corrected chi connectivity index (χ4v) is 5.61. The first kappa shape index (κ1) is 30.1. The number of benzene rings is 2. The maximum atomic E-state index is 14.7. The molecule has 0 unspecified atom stereocenters. The quantitative estimate of drug-likeness (QED) is 0.334. The van der Waals surface area contributed by atoms with Gasteiger partial charge in [-0.2, -0.15) is 5.26 Å². The molecular formula is C31H22ClF2N7O3. The zero-order chi connectivity index (χ0) is 31.6. The number of alkyl halides is 2. The average Bonchev–Trinajstić information content (AvgIpc) is 3.39. The largest absolute Gasteiger partial charge is 0.351 e. The summed E-state index contributed by atoms with van der Waals surface area (Å²) < 4.78 is 27.4. The van der Waals surface area contributed by atoms with Crippen LogP contribution < -0.4 is 15.1 Å². The normalized spacial score (nSPS) is 17.9. The second-order valence-corrected chi connectivity index (χ2v) is 10.8. The molecule has 1 aliphatic carbocycles. The van der Waals surface area contributed by atoms with E-state index in [2.05, 4.69) is 20.0 Å². The molecule has 3 amide bonds. The number of halogens is 3. The zero-order valence-corrected chi connectivity index (χ0v) is 23.6. The highest BCUT2D eigenvalue weighted by Crippen LogP contribution is 2.41. The summed E-state index contributed by atoms with van der Waals surface area (Å²) in [5.74, 6) is -4.91. The molecule has 1 aromatic heterocycles. The van der Waals surface area contributed by atoms with Gasteiger partial charge in [-0.1, -0.05) is 35.9 Å². The molecule has 1 saturated carbocycles. The van der Waals surface area contributed by atoms with Gasteiger partial charge in [0.05, 0.1) is 24.8 Å². The number of hydrogen-bond acceptors (Lipinski definition) is 5. The van der Waals surface area contributed by atoms with Gasteiger partial charge < -0.3 is 5.32 Å². The molecule has 5 rings (SSSR count). The molecule has 3 aromatic rings. The average molecular weight is 614 g/mol. The summed E-state index contributed by atoms with van der Waals surface area (Å²) >= 11 is 6.55. The van der Waals surface area contributed by atoms with Gasteiger partial charge in [0, 0.05) is 47.8 Å². The smallest absolute Gasteiger partial charge is 0.252 e. The van der Waals surface area contributed by atoms with Crippen LogP contribution in [0.15, 0.2) is 60.8 Å². The molecule has 2 atom stereocenters. The predicted molar refractivity (Wildman–Crippen MR) is 156 cm³/mol. The number of pyridine rings is 1. The van der Waals surface area contributed by atoms with Crippen LogP contribution in [0.5, 0.6) is 0 Å². The molecule has 1 aliphatic heterocycles. The van der Waals surface area contributed by atoms with Crippen molar-refractivity contribution in [2.24, 2.45) is 0 Å². The van der Waals surface area contributed by atoms with Crippen LogP contribution >= 0.6 is 11.6 Å². The van der Waals surface area contributed by atoms with Crippen LogP contribution in [-0.2, 0) is 14.4 Å². The highest BCUT2D eigenvalue weighted by molar-refractivity contribution is 6.31. The van der Waals surface area contributed by atoms with Crippen LogP contribution in [0.2, 0.25) is 5.02 Å². The van der Waals surface area contributed by atoms with Crippen LogP contribution in [-0.4, -0.2) is 40.7 Å². The van der Waals surface area contributed by atoms with Crippen molar-refractivity contribution in [3.8, 4) is 6.07 Å². The van der Waals surface area contributed by atoms with Crippen LogP contribution in [0.4, 0.5) is 31.7 Å². The van der Waals surface area contributed by atoms with Crippen LogP contribution in [0.25, 0.3) is 9.69 Å². The van der Waals surface area contributed by atoms with E-state index >= 15 is 0 Å². The van der Waals surface area contributed by atoms with Crippen molar-refractivity contribution < 1.29 is 23.2 Å². The molecule has 1 saturated heterocycles. The van der Waals surface area contributed by atoms with Crippen molar-refractivity contribution in [2.75, 3.05) is 9.80 Å². The van der Waals surface area contributed by atoms with E-state index in [-0.39, 0.29) is 51.9 Å². The van der Waals surface area contributed by atoms with Gasteiger partial charge in [-0.05, 0) is 36.8 Å². The van der Waals surface area contributed by atoms with Crippen molar-refractivity contribution in [3.63, 3.8) is 0 Å². The summed E-state index contributed by atoms with van der Waals surface area (Å²) in [5.41, 5.74) is 0.363. The lowest BCUT2D eigenvalue weighted by Gasteiger charge is -2.39. The number of amides is 3. The highest BCUT2D eigenvalue weighted by atomic mass is 35.5. The molecular weight excluding hydrogens is 592 g/mol. The third-order valence-electron chi connectivity index (χ3n) is 7.42. The molecule has 44 heavy (non-hydrogen) atoms. The number of carbonyl (C=O) groups excluding carboxylic acids is 3. The van der Waals surface area contributed by atoms with E-state index in [1.807, 2.05) is 6.07 Å². The topological polar surface area (TPSA) is 115 Å². The number of carbonyl (C=O) groups is 3. The summed E-state index contributed by atoms with van der Waals surface area (Å²) in [6, 6.07) is 11.3. The first-order valence-electron chi connectivity index (χ1n) is 13.4. The first-order valence-corrected chi connectivity index (χ1v) is 13.8. The number of nitrogens with one attached hydrogen (secondary N) is 1. The van der Waals surface area contributed by atoms with Gasteiger partial charge in [0.25, 0.3) is 11.8 Å². The summed E-state index contributed by atoms with van der Waals surface area (Å²) in [6.07, 6.45) is 0.148. The third-order valence-corrected chi connectivity index (χ3v) is 7.77. The molecule has 2 heterocycles. The van der Waals surface area contributed by atoms with E-state index in [0.717, 1.165) is 9.80 Å². The van der Waals surface area contributed by atoms with E-state index in [4.69, 9.17) is 24.7 Å². The molecule has 1 N–H and O–H groups in total. The number of aromatic nitrogens is 1. The van der Waals surface area contributed by atoms with Gasteiger partial charge in [0.2, 0.25) is 11.8 Å². The van der Waals surface area contributed by atoms with Gasteiger partial charge in [0.1, 0.15) is 17.9 Å². The minimum Gasteiger partial charge on any atom is -0.351 e. The predicted octanol–water partition coefficient (Wildman–Crippen LogP) is 5.89. The fraction of sp³-hybridized carbons (Fsp3) is 0.258. The minimum atomic E-state index is -2.93. The van der Waals surface area contributed by atoms with Gasteiger partial charge in [-0.3, -0.25) is 24.2 Å². The monoisotopic (exact) mass is 613 g/mol. The van der Waals surface area contributed by atoms with E-state index in [9.17, 15) is 28.4 Å². The highest BCUT2D eigenvalue weighted by Gasteiger charge is 2.48. The SMILES string of the molecule is [C-]#[N+]c1cc([N+]#[C-])cc(N(C(=O)[C@@H]2CCC(=O)N2c2cc(C#N)ccn2)[C@H](C(=O)NC2CC(F)(F)C2)c2ccccc2Cl)c1. The number of rotatable bonds is 7. The zero-order valence-electron chi connectivity index (χ0n) is 22.9. The minimum absolute atomic E-state index is 0.00555. The molecule has 2 fully saturated rings. The molecule has 0 radical (unpaired) electrons. The maximum absolute atomic E-state index is 14.7. The first-order chi connectivity index (χ1) is 21.0. The number of nitriles is 1. The lowest BCUT2D eigenvalue weighted by atomic mass is 9.87. The molecule has 0 bridgehead atoms. The number of hydrogen-bond donors (Lipinski definition) is 1. The molecule has 2 aliphatic rings. The van der Waals surface area contributed by atoms with Crippen LogP contribution in [0, 0.1) is 24.5 Å². The van der Waals surface area contributed by atoms with Gasteiger partial charge in [-0.15, -0.1) is 0 Å². The van der Waals surface area contributed by atoms with E-state index in [0.29, 0.717) is 0 Å². The molecule has 13 heteroatoms. The lowest BCUT2D eigenvalue weighted by molar-refractivity contribution is -0.133. The standard InChI is InChI=1S/C31H22ClF2N7O3/c1-36-19-12-20(37-2)14-22(13-19)40(30(44)25-7-8-27(42)41(25)26-11-18(17-35)9-10-38-26)28(23-5-3-4-6-24(23)32)29(43)39-21-15-31(33,34)16-21/h3-6,9-14,21,25,28H,7-8,15-16H2,(H,39,43)/t25-,28-/m0/s1. The Bertz CT molecular complexity index is 1760. The Hall–Kier alpha value is -5.38. The summed E-state index contributed by atoms with van der Waals surface area (Å²) in [4.78, 5) is 55.0. The summed E-state index contributed by atoms with van der Waals surface area (Å²) in [6.45, 7) is 15.1. The van der Waals surface area contributed by atoms with Crippen molar-refractivity contribution in [1.82, 2.24) is 10.3 Å². The van der Waals surface area contributed by atoms with Gasteiger partial charge >= 0.3 is 0 Å². The summed E-state index contributed by atoms with van der Waals surface area (Å²) in [7, 11) is 0. The van der Waals surface area contributed by atoms with E-state index in [1.165, 1.54) is 48.7 Å². The van der Waals surface area contributed by atoms with Gasteiger partial charge in [-0.25, -0.2) is 23.5 Å². The van der Waals surface area contributed by atoms with Crippen molar-refractivity contribution in [3.05, 3.63) is 99.8 Å². The van der Waals surface area contributed by atoms with Crippen molar-refractivity contribution >= 4 is 52.2 Å². The Balaban J connectivity index is 1.67. The van der Waals surface area contributed by atoms with Crippen molar-refractivity contribution in [1.29, 1.82) is 5.26 Å². The van der Waals surface area contributed by atoms with Gasteiger partial charge in [0.15, 0.2) is 11.4 Å². The maximum Gasteiger partial charge on any atom is 0.252 e. The molecule has 220 valence electrons. The fourth-order valence-electron chi connectivity index (χ4n) is 5.37. The van der Waals surface area contributed by atoms with Crippen LogP contribution in [0.1, 0.15) is 42.9 Å². The van der Waals surface area contributed by atoms with Crippen LogP contribution in [0.3, 0.4) is 0 Å². The Labute approximate surface area is 256 Å². The van der Waals surface area contributed by atoms with E-state index in [1.54, 1.807) is 12.1 Å². The Morgan fingerprint density at radius 3 is 2.43 bits per heavy atom. The van der Waals surface area contributed by atoms with E-state index < -0.39 is 54.6 Å². The number of anilines is 2. The lowest BCUT2D eigenvalue weighted by Crippen LogP contribution is -2.56. The molecule has 0 spiro atoms. The second-order valence-electron chi connectivity index (χ2n) is 10.4.